The van der Waals surface area contributed by atoms with E-state index in [1.807, 2.05) is 0 Å². The number of ketones is 1. The molecule has 0 amide bonds. The molecule has 0 atom stereocenters. The first kappa shape index (κ1) is 24.7. The number of Topliss-reactive ketones (excluding diaryl/α,β-unsaturated/α-hetero) is 1. The van der Waals surface area contributed by atoms with E-state index >= 15 is 0 Å². The van der Waals surface area contributed by atoms with E-state index in [0.29, 0.717) is 20.1 Å². The lowest BCUT2D eigenvalue weighted by molar-refractivity contribution is -0.132. The quantitative estimate of drug-likeness (QED) is 0.152. The highest BCUT2D eigenvalue weighted by Crippen LogP contribution is 2.43. The lowest BCUT2D eigenvalue weighted by Gasteiger charge is -2.10. The van der Waals surface area contributed by atoms with Crippen LogP contribution in [0.3, 0.4) is 0 Å². The molecule has 0 unspecified atom stereocenters. The van der Waals surface area contributed by atoms with Gasteiger partial charge in [-0.05, 0) is 117 Å². The zero-order chi connectivity index (χ0) is 24.7. The van der Waals surface area contributed by atoms with E-state index in [1.165, 1.54) is 24.3 Å². The van der Waals surface area contributed by atoms with Crippen molar-refractivity contribution in [3.63, 3.8) is 0 Å². The molecular weight excluding hydrogens is 704 g/mol. The summed E-state index contributed by atoms with van der Waals surface area (Å²) >= 11 is 13.0. The molecule has 0 saturated carbocycles. The van der Waals surface area contributed by atoms with Gasteiger partial charge in [0, 0.05) is 11.1 Å². The summed E-state index contributed by atoms with van der Waals surface area (Å²) in [5, 5.41) is 29.7. The van der Waals surface area contributed by atoms with Crippen LogP contribution in [0.25, 0.3) is 11.6 Å². The second kappa shape index (κ2) is 9.69. The molecule has 1 aliphatic rings. The Hall–Kier alpha value is -2.40. The number of phenols is 3. The minimum atomic E-state index is -0.842. The zero-order valence-corrected chi connectivity index (χ0v) is 23.1. The molecule has 172 valence electrons. The molecular formula is C24H12Br4O6. The molecule has 0 aromatic heterocycles. The summed E-state index contributed by atoms with van der Waals surface area (Å²) in [6, 6.07) is 12.2. The number of allylic oxidation sites excluding steroid dienone is 1. The Bertz CT molecular complexity index is 1380. The number of rotatable bonds is 4. The molecule has 0 spiro atoms. The van der Waals surface area contributed by atoms with Crippen molar-refractivity contribution in [1.29, 1.82) is 0 Å². The van der Waals surface area contributed by atoms with Gasteiger partial charge in [-0.2, -0.15) is 0 Å². The van der Waals surface area contributed by atoms with Gasteiger partial charge >= 0.3 is 5.97 Å². The largest absolute Gasteiger partial charge is 0.508 e. The molecule has 3 aromatic rings. The van der Waals surface area contributed by atoms with Gasteiger partial charge in [0.1, 0.15) is 28.6 Å². The Kier molecular flexibility index (Phi) is 7.04. The summed E-state index contributed by atoms with van der Waals surface area (Å²) in [6.07, 6.45) is 1.57. The summed E-state index contributed by atoms with van der Waals surface area (Å²) < 4.78 is 6.74. The molecule has 0 fully saturated rings. The van der Waals surface area contributed by atoms with Crippen LogP contribution in [0, 0.1) is 0 Å². The third kappa shape index (κ3) is 4.72. The van der Waals surface area contributed by atoms with Crippen molar-refractivity contribution in [2.24, 2.45) is 0 Å². The van der Waals surface area contributed by atoms with Crippen LogP contribution in [-0.4, -0.2) is 27.1 Å². The number of carbonyl (C=O) groups is 2. The molecule has 0 bridgehead atoms. The predicted molar refractivity (Wildman–Crippen MR) is 140 cm³/mol. The van der Waals surface area contributed by atoms with E-state index in [9.17, 15) is 24.9 Å². The van der Waals surface area contributed by atoms with Gasteiger partial charge in [-0.25, -0.2) is 4.79 Å². The number of benzene rings is 3. The number of hydrogen-bond acceptors (Lipinski definition) is 6. The van der Waals surface area contributed by atoms with Crippen molar-refractivity contribution in [3.05, 3.63) is 94.4 Å². The Balaban J connectivity index is 1.97. The molecule has 6 nitrogen and oxygen atoms in total. The Morgan fingerprint density at radius 3 is 1.82 bits per heavy atom. The van der Waals surface area contributed by atoms with E-state index in [2.05, 4.69) is 63.7 Å². The van der Waals surface area contributed by atoms with E-state index < -0.39 is 11.8 Å². The van der Waals surface area contributed by atoms with Gasteiger partial charge in [0.05, 0.1) is 17.9 Å². The van der Waals surface area contributed by atoms with Crippen LogP contribution in [0.1, 0.15) is 21.5 Å². The fraction of sp³-hybridized carbons (Fsp3) is 0. The maximum absolute atomic E-state index is 13.5. The van der Waals surface area contributed by atoms with Crippen molar-refractivity contribution in [2.45, 2.75) is 0 Å². The van der Waals surface area contributed by atoms with Crippen LogP contribution in [0.4, 0.5) is 0 Å². The first-order valence-electron chi connectivity index (χ1n) is 9.45. The van der Waals surface area contributed by atoms with E-state index in [1.54, 1.807) is 30.3 Å². The second-order valence-electron chi connectivity index (χ2n) is 7.15. The summed E-state index contributed by atoms with van der Waals surface area (Å²) in [7, 11) is 0. The zero-order valence-electron chi connectivity index (χ0n) is 16.8. The summed E-state index contributed by atoms with van der Waals surface area (Å²) in [4.78, 5) is 26.5. The van der Waals surface area contributed by atoms with Crippen molar-refractivity contribution in [1.82, 2.24) is 0 Å². The lowest BCUT2D eigenvalue weighted by Crippen LogP contribution is -2.11. The van der Waals surface area contributed by atoms with Crippen LogP contribution in [-0.2, 0) is 9.53 Å². The monoisotopic (exact) mass is 712 g/mol. The number of carbonyl (C=O) groups excluding carboxylic acids is 2. The Morgan fingerprint density at radius 2 is 1.29 bits per heavy atom. The highest BCUT2D eigenvalue weighted by Gasteiger charge is 2.37. The number of esters is 1. The molecule has 3 N–H and O–H groups in total. The molecule has 3 aromatic carbocycles. The molecule has 1 heterocycles. The first-order chi connectivity index (χ1) is 16.1. The average molecular weight is 716 g/mol. The standard InChI is InChI=1S/C24H12Br4O6/c25-14-6-11(7-15(26)22(14)31)19-18(5-10-1-3-13(29)4-2-10)34-24(33)20(19)21(30)12-8-16(27)23(32)17(28)9-12/h1-9,29,31-32H/b18-5-. The minimum Gasteiger partial charge on any atom is -0.508 e. The third-order valence-electron chi connectivity index (χ3n) is 4.91. The normalized spacial score (nSPS) is 14.6. The summed E-state index contributed by atoms with van der Waals surface area (Å²) in [5.41, 5.74) is 1.22. The van der Waals surface area contributed by atoms with Crippen LogP contribution >= 0.6 is 63.7 Å². The van der Waals surface area contributed by atoms with Gasteiger partial charge in [0.2, 0.25) is 5.78 Å². The highest BCUT2D eigenvalue weighted by atomic mass is 79.9. The fourth-order valence-electron chi connectivity index (χ4n) is 3.29. The lowest BCUT2D eigenvalue weighted by atomic mass is 9.93. The topological polar surface area (TPSA) is 104 Å². The van der Waals surface area contributed by atoms with E-state index in [-0.39, 0.29) is 48.7 Å². The first-order valence-corrected chi connectivity index (χ1v) is 12.6. The van der Waals surface area contributed by atoms with Gasteiger partial charge in [-0.15, -0.1) is 0 Å². The molecule has 34 heavy (non-hydrogen) atoms. The molecule has 4 rings (SSSR count). The van der Waals surface area contributed by atoms with Gasteiger partial charge in [0.15, 0.2) is 0 Å². The van der Waals surface area contributed by atoms with Crippen LogP contribution < -0.4 is 0 Å². The molecule has 1 aliphatic heterocycles. The van der Waals surface area contributed by atoms with Crippen LogP contribution in [0.2, 0.25) is 0 Å². The Labute approximate surface area is 227 Å². The van der Waals surface area contributed by atoms with E-state index in [4.69, 9.17) is 4.74 Å². The average Bonchev–Trinajstić information content (AvgIpc) is 3.11. The smallest absolute Gasteiger partial charge is 0.348 e. The number of hydrogen-bond donors (Lipinski definition) is 3. The van der Waals surface area contributed by atoms with Crippen molar-refractivity contribution in [3.8, 4) is 17.2 Å². The number of cyclic esters (lactones) is 1. The van der Waals surface area contributed by atoms with Gasteiger partial charge in [0.25, 0.3) is 0 Å². The second-order valence-corrected chi connectivity index (χ2v) is 10.6. The third-order valence-corrected chi connectivity index (χ3v) is 7.32. The highest BCUT2D eigenvalue weighted by molar-refractivity contribution is 9.11. The van der Waals surface area contributed by atoms with Gasteiger partial charge in [-0.3, -0.25) is 4.79 Å². The minimum absolute atomic E-state index is 0.0436. The van der Waals surface area contributed by atoms with Gasteiger partial charge < -0.3 is 20.1 Å². The van der Waals surface area contributed by atoms with Crippen molar-refractivity contribution >= 4 is 87.1 Å². The predicted octanol–water partition coefficient (Wildman–Crippen LogP) is 7.09. The van der Waals surface area contributed by atoms with Gasteiger partial charge in [-0.1, -0.05) is 12.1 Å². The number of phenolic OH excluding ortho intramolecular Hbond substituents is 3. The maximum Gasteiger partial charge on any atom is 0.348 e. The van der Waals surface area contributed by atoms with Crippen molar-refractivity contribution < 1.29 is 29.6 Å². The van der Waals surface area contributed by atoms with Crippen LogP contribution in [0.5, 0.6) is 17.2 Å². The van der Waals surface area contributed by atoms with Crippen LogP contribution in [0.15, 0.2) is 77.8 Å². The Morgan fingerprint density at radius 1 is 0.794 bits per heavy atom. The number of ether oxygens (including phenoxy) is 1. The van der Waals surface area contributed by atoms with Crippen molar-refractivity contribution in [2.75, 3.05) is 0 Å². The maximum atomic E-state index is 13.5. The number of aromatic hydroxyl groups is 3. The molecule has 10 heteroatoms. The number of halogens is 4. The molecule has 0 aliphatic carbocycles. The fourth-order valence-corrected chi connectivity index (χ4v) is 5.67. The SMILES string of the molecule is O=C1O/C(=C\c2ccc(O)cc2)C(c2cc(Br)c(O)c(Br)c2)=C1C(=O)c1cc(Br)c(O)c(Br)c1. The summed E-state index contributed by atoms with van der Waals surface area (Å²) in [5.74, 6) is -1.38. The molecule has 0 radical (unpaired) electrons. The molecule has 0 saturated heterocycles. The van der Waals surface area contributed by atoms with E-state index in [0.717, 1.165) is 0 Å². The summed E-state index contributed by atoms with van der Waals surface area (Å²) in [6.45, 7) is 0.